The Morgan fingerprint density at radius 2 is 2.33 bits per heavy atom. The molecule has 15 heavy (non-hydrogen) atoms. The molecule has 80 valence electrons. The first-order valence-corrected chi connectivity index (χ1v) is 3.94. The number of hydrogen-bond donors (Lipinski definition) is 1. The molecule has 7 nitrogen and oxygen atoms in total. The van der Waals surface area contributed by atoms with Gasteiger partial charge in [-0.15, -0.1) is 0 Å². The van der Waals surface area contributed by atoms with Crippen molar-refractivity contribution >= 4 is 11.8 Å². The van der Waals surface area contributed by atoms with Gasteiger partial charge in [0.25, 0.3) is 0 Å². The van der Waals surface area contributed by atoms with Gasteiger partial charge in [0.1, 0.15) is 6.42 Å². The molecule has 0 aliphatic rings. The summed E-state index contributed by atoms with van der Waals surface area (Å²) >= 11 is 0. The summed E-state index contributed by atoms with van der Waals surface area (Å²) in [5.41, 5.74) is -0.0731. The fourth-order valence-electron chi connectivity index (χ4n) is 0.923. The Kier molecular flexibility index (Phi) is 3.17. The summed E-state index contributed by atoms with van der Waals surface area (Å²) in [5.74, 6) is -1.32. The van der Waals surface area contributed by atoms with Crippen molar-refractivity contribution in [3.63, 3.8) is 0 Å². The van der Waals surface area contributed by atoms with Crippen LogP contribution in [0, 0.1) is 10.1 Å². The van der Waals surface area contributed by atoms with E-state index in [0.29, 0.717) is 0 Å². The lowest BCUT2D eigenvalue weighted by Gasteiger charge is -1.98. The van der Waals surface area contributed by atoms with Crippen LogP contribution in [0.4, 0.5) is 5.82 Å². The molecule has 0 saturated heterocycles. The Morgan fingerprint density at radius 1 is 1.67 bits per heavy atom. The number of rotatable bonds is 3. The Balaban J connectivity index is 3.00. The highest BCUT2D eigenvalue weighted by atomic mass is 16.6. The third kappa shape index (κ3) is 2.63. The number of pyridine rings is 1. The average Bonchev–Trinajstić information content (AvgIpc) is 2.20. The minimum absolute atomic E-state index is 0.0731. The minimum atomic E-state index is -0.708. The van der Waals surface area contributed by atoms with Crippen LogP contribution in [0.5, 0.6) is 5.75 Å². The Labute approximate surface area is 84.5 Å². The number of aromatic hydroxyl groups is 1. The molecule has 0 radical (unpaired) electrons. The van der Waals surface area contributed by atoms with Crippen molar-refractivity contribution < 1.29 is 19.6 Å². The zero-order valence-corrected chi connectivity index (χ0v) is 7.84. The highest BCUT2D eigenvalue weighted by Crippen LogP contribution is 2.19. The highest BCUT2D eigenvalue weighted by Gasteiger charge is 2.18. The van der Waals surface area contributed by atoms with Crippen LogP contribution in [-0.4, -0.2) is 28.1 Å². The molecule has 7 heteroatoms. The van der Waals surface area contributed by atoms with Crippen molar-refractivity contribution in [1.82, 2.24) is 4.98 Å². The predicted octanol–water partition coefficient (Wildman–Crippen LogP) is 0.411. The van der Waals surface area contributed by atoms with Gasteiger partial charge in [0.15, 0.2) is 5.75 Å². The Hall–Kier alpha value is -2.18. The third-order valence-corrected chi connectivity index (χ3v) is 1.66. The van der Waals surface area contributed by atoms with Crippen LogP contribution in [0.15, 0.2) is 12.1 Å². The van der Waals surface area contributed by atoms with Gasteiger partial charge in [0.2, 0.25) is 5.69 Å². The van der Waals surface area contributed by atoms with Crippen molar-refractivity contribution in [1.29, 1.82) is 0 Å². The second-order valence-corrected chi connectivity index (χ2v) is 2.65. The predicted molar refractivity (Wildman–Crippen MR) is 48.3 cm³/mol. The molecule has 0 fully saturated rings. The smallest absolute Gasteiger partial charge is 0.363 e. The van der Waals surface area contributed by atoms with Gasteiger partial charge in [-0.2, -0.15) is 0 Å². The van der Waals surface area contributed by atoms with Crippen molar-refractivity contribution in [2.24, 2.45) is 0 Å². The monoisotopic (exact) mass is 212 g/mol. The quantitative estimate of drug-likeness (QED) is 0.442. The molecule has 0 amide bonds. The Bertz CT molecular complexity index is 404. The summed E-state index contributed by atoms with van der Waals surface area (Å²) in [7, 11) is 1.18. The first-order chi connectivity index (χ1) is 7.04. The number of carbonyl (C=O) groups excluding carboxylic acids is 1. The van der Waals surface area contributed by atoms with Gasteiger partial charge >= 0.3 is 11.8 Å². The fourth-order valence-corrected chi connectivity index (χ4v) is 0.923. The normalized spacial score (nSPS) is 9.67. The standard InChI is InChI=1S/C8H8N2O5/c1-15-8(12)4-5-6(11)2-3-7(9-5)10(13)14/h2-3,11H,4H2,1H3. The second kappa shape index (κ2) is 4.36. The maximum atomic E-state index is 10.9. The SMILES string of the molecule is COC(=O)Cc1nc([N+](=O)[O-])ccc1O. The van der Waals surface area contributed by atoms with Crippen LogP contribution >= 0.6 is 0 Å². The second-order valence-electron chi connectivity index (χ2n) is 2.65. The molecule has 0 aromatic carbocycles. The van der Waals surface area contributed by atoms with E-state index in [2.05, 4.69) is 9.72 Å². The molecule has 1 heterocycles. The van der Waals surface area contributed by atoms with Crippen LogP contribution in [0.25, 0.3) is 0 Å². The van der Waals surface area contributed by atoms with E-state index in [1.165, 1.54) is 7.11 Å². The summed E-state index contributed by atoms with van der Waals surface area (Å²) in [4.78, 5) is 24.0. The van der Waals surface area contributed by atoms with Crippen LogP contribution in [0.2, 0.25) is 0 Å². The van der Waals surface area contributed by atoms with Crippen LogP contribution in [0.3, 0.4) is 0 Å². The van der Waals surface area contributed by atoms with Gasteiger partial charge < -0.3 is 20.0 Å². The van der Waals surface area contributed by atoms with Crippen molar-refractivity contribution in [3.05, 3.63) is 27.9 Å². The summed E-state index contributed by atoms with van der Waals surface area (Å²) in [6.45, 7) is 0. The van der Waals surface area contributed by atoms with E-state index >= 15 is 0 Å². The summed E-state index contributed by atoms with van der Waals surface area (Å²) in [6, 6.07) is 2.17. The van der Waals surface area contributed by atoms with E-state index in [4.69, 9.17) is 0 Å². The number of methoxy groups -OCH3 is 1. The zero-order valence-electron chi connectivity index (χ0n) is 7.84. The molecular formula is C8H8N2O5. The Morgan fingerprint density at radius 3 is 2.87 bits per heavy atom. The molecule has 1 rings (SSSR count). The molecule has 0 unspecified atom stereocenters. The largest absolute Gasteiger partial charge is 0.504 e. The van der Waals surface area contributed by atoms with Crippen LogP contribution in [0.1, 0.15) is 5.69 Å². The van der Waals surface area contributed by atoms with Gasteiger partial charge in [-0.25, -0.2) is 0 Å². The van der Waals surface area contributed by atoms with E-state index < -0.39 is 16.7 Å². The number of aromatic nitrogens is 1. The molecule has 1 aromatic heterocycles. The molecule has 0 bridgehead atoms. The van der Waals surface area contributed by atoms with Gasteiger partial charge in [0, 0.05) is 6.07 Å². The number of nitro groups is 1. The molecule has 0 aliphatic carbocycles. The summed E-state index contributed by atoms with van der Waals surface area (Å²) in [6.07, 6.45) is -0.302. The van der Waals surface area contributed by atoms with E-state index in [-0.39, 0.29) is 17.9 Å². The van der Waals surface area contributed by atoms with E-state index in [1.54, 1.807) is 0 Å². The first kappa shape index (κ1) is 10.9. The van der Waals surface area contributed by atoms with E-state index in [9.17, 15) is 20.0 Å². The molecule has 0 aliphatic heterocycles. The molecule has 0 atom stereocenters. The summed E-state index contributed by atoms with van der Waals surface area (Å²) < 4.78 is 4.35. The van der Waals surface area contributed by atoms with Crippen molar-refractivity contribution in [2.45, 2.75) is 6.42 Å². The van der Waals surface area contributed by atoms with Gasteiger partial charge in [-0.1, -0.05) is 0 Å². The average molecular weight is 212 g/mol. The number of nitrogens with zero attached hydrogens (tertiary/aromatic N) is 2. The number of ether oxygens (including phenoxy) is 1. The molecule has 1 N–H and O–H groups in total. The minimum Gasteiger partial charge on any atom is -0.504 e. The number of esters is 1. The third-order valence-electron chi connectivity index (χ3n) is 1.66. The van der Waals surface area contributed by atoms with E-state index in [0.717, 1.165) is 12.1 Å². The first-order valence-electron chi connectivity index (χ1n) is 3.94. The van der Waals surface area contributed by atoms with E-state index in [1.807, 2.05) is 0 Å². The van der Waals surface area contributed by atoms with Crippen molar-refractivity contribution in [3.8, 4) is 5.75 Å². The topological polar surface area (TPSA) is 103 Å². The molecule has 1 aromatic rings. The van der Waals surface area contributed by atoms with Crippen LogP contribution in [-0.2, 0) is 16.0 Å². The van der Waals surface area contributed by atoms with Gasteiger partial charge in [-0.05, 0) is 16.0 Å². The maximum Gasteiger partial charge on any atom is 0.363 e. The fraction of sp³-hybridized carbons (Fsp3) is 0.250. The van der Waals surface area contributed by atoms with Gasteiger partial charge in [-0.3, -0.25) is 4.79 Å². The highest BCUT2D eigenvalue weighted by molar-refractivity contribution is 5.72. The van der Waals surface area contributed by atoms with Crippen molar-refractivity contribution in [2.75, 3.05) is 7.11 Å². The molecular weight excluding hydrogens is 204 g/mol. The lowest BCUT2D eigenvalue weighted by atomic mass is 10.2. The number of hydrogen-bond acceptors (Lipinski definition) is 6. The zero-order chi connectivity index (χ0) is 11.4. The maximum absolute atomic E-state index is 10.9. The number of carbonyl (C=O) groups is 1. The lowest BCUT2D eigenvalue weighted by Crippen LogP contribution is -2.07. The lowest BCUT2D eigenvalue weighted by molar-refractivity contribution is -0.389. The molecule has 0 saturated carbocycles. The van der Waals surface area contributed by atoms with Gasteiger partial charge in [0.05, 0.1) is 7.11 Å². The summed E-state index contributed by atoms with van der Waals surface area (Å²) in [5, 5.41) is 19.6. The molecule has 0 spiro atoms. The van der Waals surface area contributed by atoms with Crippen LogP contribution < -0.4 is 0 Å².